The minimum absolute atomic E-state index is 0.272. The lowest BCUT2D eigenvalue weighted by molar-refractivity contribution is -0.227. The first kappa shape index (κ1) is 10.7. The summed E-state index contributed by atoms with van der Waals surface area (Å²) in [6.07, 6.45) is 3.25. The monoisotopic (exact) mass is 224 g/mol. The van der Waals surface area contributed by atoms with E-state index in [4.69, 9.17) is 9.47 Å². The lowest BCUT2D eigenvalue weighted by atomic mass is 9.54. The molecular formula is C13H20O3. The summed E-state index contributed by atoms with van der Waals surface area (Å²) in [5, 5.41) is 0. The summed E-state index contributed by atoms with van der Waals surface area (Å²) in [7, 11) is 0. The van der Waals surface area contributed by atoms with E-state index in [0.717, 1.165) is 25.7 Å². The van der Waals surface area contributed by atoms with Crippen molar-refractivity contribution in [2.24, 2.45) is 17.3 Å². The molecule has 0 aromatic carbocycles. The summed E-state index contributed by atoms with van der Waals surface area (Å²) in [4.78, 5) is 11.7. The summed E-state index contributed by atoms with van der Waals surface area (Å²) in [6, 6.07) is 0. The zero-order valence-corrected chi connectivity index (χ0v) is 10.1. The Morgan fingerprint density at radius 1 is 1.06 bits per heavy atom. The van der Waals surface area contributed by atoms with Crippen molar-refractivity contribution in [2.45, 2.75) is 45.3 Å². The first-order valence-corrected chi connectivity index (χ1v) is 6.31. The van der Waals surface area contributed by atoms with E-state index in [2.05, 4.69) is 13.8 Å². The highest BCUT2D eigenvalue weighted by Crippen LogP contribution is 2.56. The Labute approximate surface area is 96.5 Å². The van der Waals surface area contributed by atoms with Crippen LogP contribution in [-0.2, 0) is 14.3 Å². The van der Waals surface area contributed by atoms with Crippen LogP contribution in [0.1, 0.15) is 39.5 Å². The molecule has 1 aliphatic heterocycles. The fourth-order valence-corrected chi connectivity index (χ4v) is 3.73. The first-order valence-electron chi connectivity index (χ1n) is 6.31. The van der Waals surface area contributed by atoms with Crippen LogP contribution < -0.4 is 0 Å². The van der Waals surface area contributed by atoms with Gasteiger partial charge in [-0.15, -0.1) is 0 Å². The van der Waals surface area contributed by atoms with Crippen molar-refractivity contribution in [1.29, 1.82) is 0 Å². The van der Waals surface area contributed by atoms with E-state index < -0.39 is 0 Å². The molecule has 2 saturated carbocycles. The Balaban J connectivity index is 1.89. The molecule has 0 aromatic heterocycles. The molecule has 3 heteroatoms. The number of ketones is 1. The molecule has 0 amide bonds. The van der Waals surface area contributed by atoms with E-state index in [1.54, 1.807) is 0 Å². The Bertz CT molecular complexity index is 293. The third kappa shape index (κ3) is 1.45. The number of ether oxygens (including phenoxy) is 2. The maximum atomic E-state index is 11.7. The summed E-state index contributed by atoms with van der Waals surface area (Å²) in [5.41, 5.74) is 0.272. The molecular weight excluding hydrogens is 204 g/mol. The summed E-state index contributed by atoms with van der Waals surface area (Å²) < 4.78 is 11.6. The van der Waals surface area contributed by atoms with Crippen molar-refractivity contribution >= 4 is 5.78 Å². The van der Waals surface area contributed by atoms with Gasteiger partial charge in [-0.05, 0) is 17.3 Å². The molecule has 3 rings (SSSR count). The fraction of sp³-hybridized carbons (Fsp3) is 0.923. The van der Waals surface area contributed by atoms with E-state index in [0.29, 0.717) is 30.8 Å². The van der Waals surface area contributed by atoms with Crippen LogP contribution in [0.2, 0.25) is 0 Å². The lowest BCUT2D eigenvalue weighted by Crippen LogP contribution is -2.52. The second-order valence-electron chi connectivity index (χ2n) is 6.18. The summed E-state index contributed by atoms with van der Waals surface area (Å²) in [6.45, 7) is 6.04. The fourth-order valence-electron chi connectivity index (χ4n) is 3.73. The topological polar surface area (TPSA) is 35.5 Å². The molecule has 90 valence electrons. The molecule has 16 heavy (non-hydrogen) atoms. The van der Waals surface area contributed by atoms with E-state index in [1.807, 2.05) is 0 Å². The van der Waals surface area contributed by atoms with Crippen LogP contribution in [0, 0.1) is 17.3 Å². The molecule has 1 saturated heterocycles. The van der Waals surface area contributed by atoms with E-state index in [1.165, 1.54) is 0 Å². The molecule has 3 aliphatic rings. The molecule has 3 fully saturated rings. The lowest BCUT2D eigenvalue weighted by Gasteiger charge is -2.53. The van der Waals surface area contributed by atoms with E-state index >= 15 is 0 Å². The normalized spacial score (nSPS) is 40.2. The second-order valence-corrected chi connectivity index (χ2v) is 6.18. The van der Waals surface area contributed by atoms with Crippen LogP contribution in [-0.4, -0.2) is 24.8 Å². The van der Waals surface area contributed by atoms with Gasteiger partial charge in [0.05, 0.1) is 13.2 Å². The number of Topliss-reactive ketones (excluding diaryl/α,β-unsaturated/α-hetero) is 1. The van der Waals surface area contributed by atoms with Crippen molar-refractivity contribution in [3.05, 3.63) is 0 Å². The smallest absolute Gasteiger partial charge is 0.169 e. The van der Waals surface area contributed by atoms with Gasteiger partial charge in [0.15, 0.2) is 5.79 Å². The van der Waals surface area contributed by atoms with Gasteiger partial charge in [0.1, 0.15) is 5.78 Å². The molecule has 3 nitrogen and oxygen atoms in total. The van der Waals surface area contributed by atoms with Gasteiger partial charge in [-0.3, -0.25) is 4.79 Å². The highest BCUT2D eigenvalue weighted by atomic mass is 16.7. The zero-order valence-electron chi connectivity index (χ0n) is 10.1. The largest absolute Gasteiger partial charge is 0.348 e. The van der Waals surface area contributed by atoms with Crippen LogP contribution in [0.15, 0.2) is 0 Å². The van der Waals surface area contributed by atoms with Crippen LogP contribution in [0.5, 0.6) is 0 Å². The maximum Gasteiger partial charge on any atom is 0.169 e. The minimum atomic E-state index is -0.342. The van der Waals surface area contributed by atoms with Gasteiger partial charge >= 0.3 is 0 Å². The van der Waals surface area contributed by atoms with Crippen LogP contribution in [0.3, 0.4) is 0 Å². The van der Waals surface area contributed by atoms with Crippen molar-refractivity contribution < 1.29 is 14.3 Å². The Morgan fingerprint density at radius 3 is 2.06 bits per heavy atom. The molecule has 0 radical (unpaired) electrons. The van der Waals surface area contributed by atoms with Crippen molar-refractivity contribution in [1.82, 2.24) is 0 Å². The van der Waals surface area contributed by atoms with E-state index in [9.17, 15) is 4.79 Å². The molecule has 2 aliphatic carbocycles. The quantitative estimate of drug-likeness (QED) is 0.632. The summed E-state index contributed by atoms with van der Waals surface area (Å²) in [5.74, 6) is 0.962. The third-order valence-corrected chi connectivity index (χ3v) is 4.98. The average molecular weight is 224 g/mol. The third-order valence-electron chi connectivity index (χ3n) is 4.98. The minimum Gasteiger partial charge on any atom is -0.348 e. The number of hydrogen-bond donors (Lipinski definition) is 0. The zero-order chi connectivity index (χ0) is 11.4. The van der Waals surface area contributed by atoms with E-state index in [-0.39, 0.29) is 11.2 Å². The number of carbonyl (C=O) groups is 1. The molecule has 2 atom stereocenters. The number of rotatable bonds is 0. The first-order chi connectivity index (χ1) is 7.52. The van der Waals surface area contributed by atoms with Crippen molar-refractivity contribution in [3.8, 4) is 0 Å². The predicted molar refractivity (Wildman–Crippen MR) is 58.9 cm³/mol. The second kappa shape index (κ2) is 3.30. The van der Waals surface area contributed by atoms with Gasteiger partial charge in [0, 0.05) is 25.7 Å². The maximum absolute atomic E-state index is 11.7. The standard InChI is InChI=1S/C13H20O3/c1-12(2)9-5-11(14)6-10(12)8-13(7-9)15-3-4-16-13/h9-10H,3-8H2,1-2H3. The van der Waals surface area contributed by atoms with Crippen molar-refractivity contribution in [2.75, 3.05) is 13.2 Å². The van der Waals surface area contributed by atoms with Crippen LogP contribution in [0.25, 0.3) is 0 Å². The summed E-state index contributed by atoms with van der Waals surface area (Å²) >= 11 is 0. The molecule has 2 bridgehead atoms. The van der Waals surface area contributed by atoms with Gasteiger partial charge in [-0.2, -0.15) is 0 Å². The SMILES string of the molecule is CC1(C)C2CC(=O)CC1CC1(C2)OCCO1. The molecule has 0 N–H and O–H groups in total. The molecule has 2 unspecified atom stereocenters. The van der Waals surface area contributed by atoms with Gasteiger partial charge in [-0.25, -0.2) is 0 Å². The van der Waals surface area contributed by atoms with Crippen molar-refractivity contribution in [3.63, 3.8) is 0 Å². The predicted octanol–water partition coefficient (Wildman–Crippen LogP) is 2.14. The average Bonchev–Trinajstić information content (AvgIpc) is 2.60. The van der Waals surface area contributed by atoms with Gasteiger partial charge in [-0.1, -0.05) is 13.8 Å². The van der Waals surface area contributed by atoms with Gasteiger partial charge < -0.3 is 9.47 Å². The number of carbonyl (C=O) groups excluding carboxylic acids is 1. The molecule has 0 aromatic rings. The van der Waals surface area contributed by atoms with Crippen LogP contribution >= 0.6 is 0 Å². The van der Waals surface area contributed by atoms with Gasteiger partial charge in [0.25, 0.3) is 0 Å². The highest BCUT2D eigenvalue weighted by molar-refractivity contribution is 5.80. The molecule has 1 heterocycles. The van der Waals surface area contributed by atoms with Gasteiger partial charge in [0.2, 0.25) is 0 Å². The Morgan fingerprint density at radius 2 is 1.56 bits per heavy atom. The molecule has 1 spiro atoms. The van der Waals surface area contributed by atoms with Crippen LogP contribution in [0.4, 0.5) is 0 Å². The number of hydrogen-bond acceptors (Lipinski definition) is 3. The Kier molecular flexibility index (Phi) is 2.21. The number of fused-ring (bicyclic) bond motifs is 2. The highest BCUT2D eigenvalue weighted by Gasteiger charge is 2.55. The Hall–Kier alpha value is -0.410.